The number of carbonyl (C=O) groups excluding carboxylic acids is 2. The zero-order chi connectivity index (χ0) is 27.2. The molecule has 1 aliphatic heterocycles. The van der Waals surface area contributed by atoms with E-state index >= 15 is 0 Å². The van der Waals surface area contributed by atoms with Crippen LogP contribution in [-0.2, 0) is 14.3 Å². The quantitative estimate of drug-likeness (QED) is 0.548. The minimum atomic E-state index is -5.72. The second kappa shape index (κ2) is 9.27. The number of amides is 2. The molecule has 2 N–H and O–H groups in total. The predicted molar refractivity (Wildman–Crippen MR) is 116 cm³/mol. The van der Waals surface area contributed by atoms with Gasteiger partial charge in [0.2, 0.25) is 5.91 Å². The number of fused-ring (bicyclic) bond motifs is 3. The van der Waals surface area contributed by atoms with E-state index in [-0.39, 0.29) is 11.5 Å². The van der Waals surface area contributed by atoms with Crippen LogP contribution < -0.4 is 5.32 Å². The number of likely N-dealkylation sites (tertiary alicyclic amines) is 1. The van der Waals surface area contributed by atoms with Crippen molar-refractivity contribution >= 4 is 18.0 Å². The number of piperidine rings is 1. The fourth-order valence-corrected chi connectivity index (χ4v) is 4.53. The first-order chi connectivity index (χ1) is 17.2. The summed E-state index contributed by atoms with van der Waals surface area (Å²) in [5.41, 5.74) is 3.51. The standard InChI is InChI=1S/C24H20F6N2O5/c25-22(26)11-32(12-23(27,28)24(22,29)30)20(35)18(9-19(33)34)31-21(36)37-10-17-15-7-3-1-5-13(15)14-6-2-4-8-16(14)17/h1-8,17-18H,9-12H2,(H,31,36)(H,33,34)/t18-/m0/s1. The first kappa shape index (κ1) is 26.3. The van der Waals surface area contributed by atoms with Crippen molar-refractivity contribution in [1.82, 2.24) is 10.2 Å². The van der Waals surface area contributed by atoms with Crippen molar-refractivity contribution < 1.29 is 50.6 Å². The van der Waals surface area contributed by atoms with Crippen molar-refractivity contribution in [3.05, 3.63) is 59.7 Å². The summed E-state index contributed by atoms with van der Waals surface area (Å²) in [5.74, 6) is -20.1. The van der Waals surface area contributed by atoms with E-state index in [0.29, 0.717) is 0 Å². The molecule has 37 heavy (non-hydrogen) atoms. The van der Waals surface area contributed by atoms with Crippen LogP contribution in [0, 0.1) is 0 Å². The monoisotopic (exact) mass is 530 g/mol. The van der Waals surface area contributed by atoms with E-state index in [9.17, 15) is 40.7 Å². The summed E-state index contributed by atoms with van der Waals surface area (Å²) in [7, 11) is 0. The molecular formula is C24H20F6N2O5. The maximum Gasteiger partial charge on any atom is 0.407 e. The number of carboxylic acids is 1. The van der Waals surface area contributed by atoms with Crippen LogP contribution in [0.3, 0.4) is 0 Å². The van der Waals surface area contributed by atoms with E-state index in [4.69, 9.17) is 9.84 Å². The zero-order valence-electron chi connectivity index (χ0n) is 18.9. The topological polar surface area (TPSA) is 95.9 Å². The van der Waals surface area contributed by atoms with Gasteiger partial charge in [0, 0.05) is 5.92 Å². The van der Waals surface area contributed by atoms with Crippen molar-refractivity contribution in [2.24, 2.45) is 0 Å². The number of hydrogen-bond donors (Lipinski definition) is 2. The van der Waals surface area contributed by atoms with Gasteiger partial charge in [0.15, 0.2) is 0 Å². The van der Waals surface area contributed by atoms with Crippen LogP contribution in [0.4, 0.5) is 31.1 Å². The zero-order valence-corrected chi connectivity index (χ0v) is 18.9. The molecule has 2 aromatic carbocycles. The fraction of sp³-hybridized carbons (Fsp3) is 0.375. The lowest BCUT2D eigenvalue weighted by atomic mass is 9.97. The van der Waals surface area contributed by atoms with Gasteiger partial charge in [-0.05, 0) is 22.3 Å². The number of benzene rings is 2. The highest BCUT2D eigenvalue weighted by Crippen LogP contribution is 2.49. The third-order valence-corrected chi connectivity index (χ3v) is 6.32. The van der Waals surface area contributed by atoms with Gasteiger partial charge in [0.1, 0.15) is 12.6 Å². The maximum atomic E-state index is 13.8. The normalized spacial score (nSPS) is 19.9. The van der Waals surface area contributed by atoms with Crippen molar-refractivity contribution in [1.29, 1.82) is 0 Å². The van der Waals surface area contributed by atoms with Gasteiger partial charge in [-0.1, -0.05) is 48.5 Å². The molecular weight excluding hydrogens is 510 g/mol. The molecule has 0 unspecified atom stereocenters. The third kappa shape index (κ3) is 4.69. The highest BCUT2D eigenvalue weighted by Gasteiger charge is 2.75. The van der Waals surface area contributed by atoms with E-state index in [2.05, 4.69) is 0 Å². The third-order valence-electron chi connectivity index (χ3n) is 6.32. The maximum absolute atomic E-state index is 13.8. The molecule has 0 aromatic heterocycles. The Balaban J connectivity index is 1.47. The number of halogens is 6. The number of carboxylic acid groups (broad SMARTS) is 1. The smallest absolute Gasteiger partial charge is 0.407 e. The van der Waals surface area contributed by atoms with Crippen LogP contribution in [0.1, 0.15) is 23.5 Å². The molecule has 13 heteroatoms. The molecule has 2 aliphatic rings. The number of rotatable bonds is 6. The molecule has 1 heterocycles. The predicted octanol–water partition coefficient (Wildman–Crippen LogP) is 4.12. The van der Waals surface area contributed by atoms with Gasteiger partial charge in [0.25, 0.3) is 0 Å². The Labute approximate surface area is 206 Å². The van der Waals surface area contributed by atoms with E-state index in [0.717, 1.165) is 22.3 Å². The Morgan fingerprint density at radius 2 is 1.41 bits per heavy atom. The van der Waals surface area contributed by atoms with E-state index in [1.165, 1.54) is 0 Å². The average Bonchev–Trinajstić information content (AvgIpc) is 3.13. The Kier molecular flexibility index (Phi) is 6.59. The molecule has 0 radical (unpaired) electrons. The van der Waals surface area contributed by atoms with Crippen molar-refractivity contribution in [3.63, 3.8) is 0 Å². The minimum Gasteiger partial charge on any atom is -0.481 e. The summed E-state index contributed by atoms with van der Waals surface area (Å²) < 4.78 is 87.1. The first-order valence-corrected chi connectivity index (χ1v) is 11.0. The van der Waals surface area contributed by atoms with Crippen LogP contribution in [0.2, 0.25) is 0 Å². The van der Waals surface area contributed by atoms with E-state index < -0.39 is 67.2 Å². The van der Waals surface area contributed by atoms with Gasteiger partial charge >= 0.3 is 29.8 Å². The Hall–Kier alpha value is -3.77. The molecule has 1 saturated heterocycles. The van der Waals surface area contributed by atoms with Crippen molar-refractivity contribution in [2.75, 3.05) is 19.7 Å². The van der Waals surface area contributed by atoms with Crippen LogP contribution in [0.25, 0.3) is 11.1 Å². The van der Waals surface area contributed by atoms with Gasteiger partial charge in [-0.3, -0.25) is 9.59 Å². The Morgan fingerprint density at radius 1 is 0.919 bits per heavy atom. The summed E-state index contributed by atoms with van der Waals surface area (Å²) in [6.07, 6.45) is -2.50. The summed E-state index contributed by atoms with van der Waals surface area (Å²) >= 11 is 0. The summed E-state index contributed by atoms with van der Waals surface area (Å²) in [5, 5.41) is 11.0. The number of nitrogens with zero attached hydrogens (tertiary/aromatic N) is 1. The number of alkyl carbamates (subject to hydrolysis) is 1. The number of nitrogens with one attached hydrogen (secondary N) is 1. The van der Waals surface area contributed by atoms with Crippen LogP contribution >= 0.6 is 0 Å². The highest BCUT2D eigenvalue weighted by atomic mass is 19.3. The van der Waals surface area contributed by atoms with Gasteiger partial charge in [0.05, 0.1) is 19.5 Å². The van der Waals surface area contributed by atoms with E-state index in [1.54, 1.807) is 12.1 Å². The summed E-state index contributed by atoms with van der Waals surface area (Å²) in [4.78, 5) is 36.0. The molecule has 1 fully saturated rings. The van der Waals surface area contributed by atoms with Crippen LogP contribution in [-0.4, -0.2) is 71.5 Å². The molecule has 4 rings (SSSR count). The number of ether oxygens (including phenoxy) is 1. The SMILES string of the molecule is O=C(O)C[C@H](NC(=O)OCC1c2ccccc2-c2ccccc21)C(=O)N1CC(F)(F)C(F)(F)C(F)(F)C1. The lowest BCUT2D eigenvalue weighted by Gasteiger charge is -2.43. The van der Waals surface area contributed by atoms with Gasteiger partial charge in [-0.15, -0.1) is 0 Å². The second-order valence-corrected chi connectivity index (χ2v) is 8.80. The molecule has 1 atom stereocenters. The highest BCUT2D eigenvalue weighted by molar-refractivity contribution is 5.89. The molecule has 0 bridgehead atoms. The fourth-order valence-electron chi connectivity index (χ4n) is 4.53. The van der Waals surface area contributed by atoms with E-state index in [1.807, 2.05) is 41.7 Å². The van der Waals surface area contributed by atoms with Gasteiger partial charge in [-0.25, -0.2) is 4.79 Å². The Morgan fingerprint density at radius 3 is 1.89 bits per heavy atom. The molecule has 0 spiro atoms. The molecule has 1 aliphatic carbocycles. The molecule has 7 nitrogen and oxygen atoms in total. The minimum absolute atomic E-state index is 0.250. The molecule has 0 saturated carbocycles. The lowest BCUT2D eigenvalue weighted by molar-refractivity contribution is -0.335. The largest absolute Gasteiger partial charge is 0.481 e. The van der Waals surface area contributed by atoms with Crippen molar-refractivity contribution in [3.8, 4) is 11.1 Å². The molecule has 198 valence electrons. The number of hydrogen-bond acceptors (Lipinski definition) is 4. The van der Waals surface area contributed by atoms with Crippen LogP contribution in [0.15, 0.2) is 48.5 Å². The van der Waals surface area contributed by atoms with Crippen molar-refractivity contribution in [2.45, 2.75) is 36.1 Å². The average molecular weight is 530 g/mol. The second-order valence-electron chi connectivity index (χ2n) is 8.80. The number of carbonyl (C=O) groups is 3. The Bertz CT molecular complexity index is 1170. The first-order valence-electron chi connectivity index (χ1n) is 11.0. The lowest BCUT2D eigenvalue weighted by Crippen LogP contribution is -2.69. The molecule has 2 aromatic rings. The summed E-state index contributed by atoms with van der Waals surface area (Å²) in [6, 6.07) is 12.5. The van der Waals surface area contributed by atoms with Gasteiger partial charge < -0.3 is 20.1 Å². The van der Waals surface area contributed by atoms with Gasteiger partial charge in [-0.2, -0.15) is 26.3 Å². The number of aliphatic carboxylic acids is 1. The molecule has 2 amide bonds. The number of alkyl halides is 6. The van der Waals surface area contributed by atoms with Crippen LogP contribution in [0.5, 0.6) is 0 Å². The summed E-state index contributed by atoms with van der Waals surface area (Å²) in [6.45, 7) is -4.42.